The van der Waals surface area contributed by atoms with Gasteiger partial charge >= 0.3 is 73.7 Å². The molecule has 1 aromatic carbocycles. The van der Waals surface area contributed by atoms with Gasteiger partial charge in [0.1, 0.15) is 5.82 Å². The van der Waals surface area contributed by atoms with Gasteiger partial charge in [-0.3, -0.25) is 0 Å². The van der Waals surface area contributed by atoms with Gasteiger partial charge in [-0.2, -0.15) is 0 Å². The zero-order valence-electron chi connectivity index (χ0n) is 16.8. The molecule has 1 aliphatic carbocycles. The molecule has 0 bridgehead atoms. The molecule has 0 radical (unpaired) electrons. The molecule has 142 valence electrons. The summed E-state index contributed by atoms with van der Waals surface area (Å²) >= 11 is -0.200. The molecule has 0 aliphatic heterocycles. The van der Waals surface area contributed by atoms with Crippen LogP contribution in [0.2, 0.25) is 0 Å². The third kappa shape index (κ3) is 4.68. The monoisotopic (exact) mass is 465 g/mol. The third-order valence-electron chi connectivity index (χ3n) is 5.30. The van der Waals surface area contributed by atoms with Gasteiger partial charge < -0.3 is 4.57 Å². The Morgan fingerprint density at radius 2 is 2.04 bits per heavy atom. The second-order valence-electron chi connectivity index (χ2n) is 8.04. The molecule has 3 nitrogen and oxygen atoms in total. The molecule has 0 spiro atoms. The van der Waals surface area contributed by atoms with Gasteiger partial charge in [0.25, 0.3) is 0 Å². The number of imidazole rings is 1. The Morgan fingerprint density at radius 3 is 2.46 bits per heavy atom. The molecule has 1 fully saturated rings. The van der Waals surface area contributed by atoms with Gasteiger partial charge in [0.05, 0.1) is 11.0 Å². The van der Waals surface area contributed by atoms with Crippen LogP contribution in [0.25, 0.3) is 11.0 Å². The number of halogens is 1. The van der Waals surface area contributed by atoms with Crippen molar-refractivity contribution in [2.75, 3.05) is 4.93 Å². The van der Waals surface area contributed by atoms with Crippen molar-refractivity contribution in [2.45, 2.75) is 59.9 Å². The van der Waals surface area contributed by atoms with E-state index in [-0.39, 0.29) is 32.5 Å². The molecule has 1 atom stereocenters. The SMILES string of the molecule is C#Cc1ccc2nc(C)n(C3CCC3)c2c1.C[I-]C(=O)C(C)C(C)(C)C. The average molecular weight is 465 g/mol. The molecule has 1 heterocycles. The van der Waals surface area contributed by atoms with E-state index in [0.717, 1.165) is 16.9 Å². The molecule has 3 rings (SSSR count). The first-order chi connectivity index (χ1) is 12.2. The Balaban J connectivity index is 0.000000213. The summed E-state index contributed by atoms with van der Waals surface area (Å²) < 4.78 is 2.82. The summed E-state index contributed by atoms with van der Waals surface area (Å²) in [7, 11) is 0. The van der Waals surface area contributed by atoms with Crippen LogP contribution in [0.4, 0.5) is 0 Å². The predicted octanol–water partition coefficient (Wildman–Crippen LogP) is 1.97. The van der Waals surface area contributed by atoms with E-state index >= 15 is 0 Å². The van der Waals surface area contributed by atoms with E-state index in [4.69, 9.17) is 6.42 Å². The van der Waals surface area contributed by atoms with Crippen LogP contribution in [0.15, 0.2) is 18.2 Å². The Kier molecular flexibility index (Phi) is 6.90. The number of benzene rings is 1. The van der Waals surface area contributed by atoms with E-state index in [9.17, 15) is 4.79 Å². The third-order valence-corrected chi connectivity index (χ3v) is 7.30. The molecular formula is C22H30IN2O-. The first-order valence-electron chi connectivity index (χ1n) is 9.17. The number of aryl methyl sites for hydroxylation is 1. The second kappa shape index (κ2) is 8.56. The molecule has 0 saturated heterocycles. The first-order valence-corrected chi connectivity index (χ1v) is 12.4. The van der Waals surface area contributed by atoms with Crippen LogP contribution >= 0.6 is 0 Å². The summed E-state index contributed by atoms with van der Waals surface area (Å²) in [6.45, 7) is 10.5. The van der Waals surface area contributed by atoms with E-state index in [2.05, 4.69) is 49.2 Å². The number of hydrogen-bond acceptors (Lipinski definition) is 2. The number of alkyl halides is 1. The molecule has 0 N–H and O–H groups in total. The summed E-state index contributed by atoms with van der Waals surface area (Å²) in [5.41, 5.74) is 3.35. The number of carbonyl (C=O) groups is 1. The summed E-state index contributed by atoms with van der Waals surface area (Å²) in [5.74, 6) is 4.04. The number of hydrogen-bond donors (Lipinski definition) is 0. The fraction of sp³-hybridized carbons (Fsp3) is 0.545. The number of fused-ring (bicyclic) bond motifs is 1. The zero-order chi connectivity index (χ0) is 19.5. The molecular weight excluding hydrogens is 435 g/mol. The van der Waals surface area contributed by atoms with Gasteiger partial charge in [0.2, 0.25) is 0 Å². The van der Waals surface area contributed by atoms with Crippen molar-refractivity contribution in [3.8, 4) is 12.3 Å². The van der Waals surface area contributed by atoms with Crippen LogP contribution < -0.4 is 21.2 Å². The summed E-state index contributed by atoms with van der Waals surface area (Å²) in [6.07, 6.45) is 9.31. The molecule has 26 heavy (non-hydrogen) atoms. The number of carbonyl (C=O) groups excluding carboxylic acids is 1. The first kappa shape index (κ1) is 21.0. The molecule has 1 saturated carbocycles. The van der Waals surface area contributed by atoms with Gasteiger partial charge in [-0.25, -0.2) is 4.98 Å². The summed E-state index contributed by atoms with van der Waals surface area (Å²) in [4.78, 5) is 17.8. The van der Waals surface area contributed by atoms with Gasteiger partial charge in [-0.15, -0.1) is 6.42 Å². The maximum absolute atomic E-state index is 11.2. The normalized spacial score (nSPS) is 15.7. The predicted molar refractivity (Wildman–Crippen MR) is 105 cm³/mol. The van der Waals surface area contributed by atoms with Crippen molar-refractivity contribution in [3.05, 3.63) is 29.6 Å². The second-order valence-corrected chi connectivity index (χ2v) is 10.2. The molecule has 2 aromatic rings. The van der Waals surface area contributed by atoms with Crippen LogP contribution in [0, 0.1) is 30.6 Å². The van der Waals surface area contributed by atoms with E-state index < -0.39 is 0 Å². The van der Waals surface area contributed by atoms with Crippen molar-refractivity contribution in [1.82, 2.24) is 9.55 Å². The van der Waals surface area contributed by atoms with Crippen LogP contribution in [-0.2, 0) is 4.79 Å². The molecule has 1 aromatic heterocycles. The van der Waals surface area contributed by atoms with Crippen molar-refractivity contribution in [3.63, 3.8) is 0 Å². The summed E-state index contributed by atoms with van der Waals surface area (Å²) in [6, 6.07) is 6.69. The molecule has 1 aliphatic rings. The van der Waals surface area contributed by atoms with Crippen molar-refractivity contribution < 1.29 is 26.0 Å². The van der Waals surface area contributed by atoms with E-state index in [1.54, 1.807) is 0 Å². The zero-order valence-corrected chi connectivity index (χ0v) is 18.9. The number of terminal acetylenes is 1. The minimum absolute atomic E-state index is 0.160. The van der Waals surface area contributed by atoms with Crippen LogP contribution in [0.3, 0.4) is 0 Å². The van der Waals surface area contributed by atoms with Crippen LogP contribution in [0.1, 0.15) is 64.4 Å². The molecule has 0 amide bonds. The van der Waals surface area contributed by atoms with Gasteiger partial charge in [0, 0.05) is 11.6 Å². The topological polar surface area (TPSA) is 34.9 Å². The van der Waals surface area contributed by atoms with Gasteiger partial charge in [-0.1, -0.05) is 5.92 Å². The fourth-order valence-electron chi connectivity index (χ4n) is 2.91. The fourth-order valence-corrected chi connectivity index (χ4v) is 4.78. The number of aromatic nitrogens is 2. The van der Waals surface area contributed by atoms with Gasteiger partial charge in [-0.05, 0) is 44.4 Å². The summed E-state index contributed by atoms with van der Waals surface area (Å²) in [5, 5.41) is 0. The number of nitrogens with zero attached hydrogens (tertiary/aromatic N) is 2. The minimum atomic E-state index is -0.200. The van der Waals surface area contributed by atoms with Crippen molar-refractivity contribution in [1.29, 1.82) is 0 Å². The van der Waals surface area contributed by atoms with Crippen LogP contribution in [-0.4, -0.2) is 18.3 Å². The Hall–Kier alpha value is -1.35. The Morgan fingerprint density at radius 1 is 1.38 bits per heavy atom. The van der Waals surface area contributed by atoms with Gasteiger partial charge in [0.15, 0.2) is 0 Å². The van der Waals surface area contributed by atoms with E-state index in [0.29, 0.717) is 9.83 Å². The Bertz CT molecular complexity index is 819. The molecule has 1 unspecified atom stereocenters. The van der Waals surface area contributed by atoms with Crippen molar-refractivity contribution in [2.24, 2.45) is 11.3 Å². The Labute approximate surface area is 168 Å². The van der Waals surface area contributed by atoms with Crippen LogP contribution in [0.5, 0.6) is 0 Å². The molecule has 4 heteroatoms. The van der Waals surface area contributed by atoms with E-state index in [1.165, 1.54) is 24.8 Å². The maximum atomic E-state index is 11.2. The van der Waals surface area contributed by atoms with E-state index in [1.807, 2.05) is 24.0 Å². The quantitative estimate of drug-likeness (QED) is 0.301. The number of rotatable bonds is 3. The standard InChI is InChI=1S/C14H14N2.C8H16IO/c1-3-11-7-8-13-14(9-11)16(10(2)15-13)12-5-4-6-12;1-6(7(10)9-5)8(2,3)4/h1,7-9,12H,4-6H2,2H3;6H,1-5H3/q;-1. The average Bonchev–Trinajstić information content (AvgIpc) is 2.87. The van der Waals surface area contributed by atoms with Crippen molar-refractivity contribution >= 4 is 14.8 Å².